The minimum atomic E-state index is -0.0318. The lowest BCUT2D eigenvalue weighted by atomic mass is 10.1. The van der Waals surface area contributed by atoms with Crippen molar-refractivity contribution in [3.63, 3.8) is 0 Å². The average Bonchev–Trinajstić information content (AvgIpc) is 3.44. The van der Waals surface area contributed by atoms with E-state index in [0.717, 1.165) is 17.3 Å². The van der Waals surface area contributed by atoms with Crippen LogP contribution in [0.3, 0.4) is 0 Å². The van der Waals surface area contributed by atoms with Crippen molar-refractivity contribution in [2.45, 2.75) is 39.3 Å². The van der Waals surface area contributed by atoms with Crippen molar-refractivity contribution < 1.29 is 4.79 Å². The third-order valence-corrected chi connectivity index (χ3v) is 5.68. The Hall–Kier alpha value is -3.49. The number of carbonyl (C=O) groups is 1. The number of aryl methyl sites for hydroxylation is 1. The first-order valence-electron chi connectivity index (χ1n) is 10.1. The summed E-state index contributed by atoms with van der Waals surface area (Å²) < 4.78 is 6.02. The smallest absolute Gasteiger partial charge is 0.255 e. The number of hydrogen-bond donors (Lipinski definition) is 0. The molecule has 0 saturated heterocycles. The average molecular weight is 404 g/mol. The first-order valence-corrected chi connectivity index (χ1v) is 10.1. The molecule has 154 valence electrons. The standard InChI is InChI=1S/C21H24N8O/c1-13(2)19-24-23-18-12-27(10-14(3)29(18)19)21(30)15-7-8-17-22-25-20(28(17)11-15)16-6-5-9-26(16)4/h5-9,11,13-14H,10,12H2,1-4H3/t14-/m0/s1. The molecule has 0 saturated carbocycles. The molecular formula is C21H24N8O. The number of pyridine rings is 1. The maximum absolute atomic E-state index is 13.3. The van der Waals surface area contributed by atoms with Gasteiger partial charge < -0.3 is 14.0 Å². The van der Waals surface area contributed by atoms with Crippen LogP contribution in [0.4, 0.5) is 0 Å². The molecule has 1 aliphatic rings. The predicted molar refractivity (Wildman–Crippen MR) is 111 cm³/mol. The molecule has 1 aliphatic heterocycles. The van der Waals surface area contributed by atoms with Gasteiger partial charge in [0.15, 0.2) is 17.3 Å². The Bertz CT molecular complexity index is 1250. The highest BCUT2D eigenvalue weighted by atomic mass is 16.2. The highest BCUT2D eigenvalue weighted by Gasteiger charge is 2.30. The Morgan fingerprint density at radius 2 is 1.97 bits per heavy atom. The monoisotopic (exact) mass is 404 g/mol. The van der Waals surface area contributed by atoms with Gasteiger partial charge in [-0.1, -0.05) is 13.8 Å². The van der Waals surface area contributed by atoms with Gasteiger partial charge in [-0.3, -0.25) is 9.20 Å². The summed E-state index contributed by atoms with van der Waals surface area (Å²) in [4.78, 5) is 15.2. The highest BCUT2D eigenvalue weighted by molar-refractivity contribution is 5.94. The van der Waals surface area contributed by atoms with Gasteiger partial charge in [-0.15, -0.1) is 20.4 Å². The third kappa shape index (κ3) is 2.80. The van der Waals surface area contributed by atoms with E-state index in [1.807, 2.05) is 57.6 Å². The van der Waals surface area contributed by atoms with E-state index in [-0.39, 0.29) is 11.9 Å². The minimum absolute atomic E-state index is 0.0318. The van der Waals surface area contributed by atoms with Crippen molar-refractivity contribution in [3.05, 3.63) is 53.9 Å². The second kappa shape index (κ2) is 6.79. The van der Waals surface area contributed by atoms with Crippen LogP contribution >= 0.6 is 0 Å². The zero-order valence-corrected chi connectivity index (χ0v) is 17.5. The summed E-state index contributed by atoms with van der Waals surface area (Å²) in [7, 11) is 1.96. The molecule has 0 N–H and O–H groups in total. The summed E-state index contributed by atoms with van der Waals surface area (Å²) >= 11 is 0. The summed E-state index contributed by atoms with van der Waals surface area (Å²) in [6.45, 7) is 7.40. The molecule has 5 heterocycles. The first kappa shape index (κ1) is 18.5. The van der Waals surface area contributed by atoms with Gasteiger partial charge >= 0.3 is 0 Å². The molecule has 0 bridgehead atoms. The fourth-order valence-electron chi connectivity index (χ4n) is 4.18. The van der Waals surface area contributed by atoms with Crippen LogP contribution in [0.5, 0.6) is 0 Å². The number of fused-ring (bicyclic) bond motifs is 2. The Labute approximate surface area is 174 Å². The Morgan fingerprint density at radius 3 is 2.70 bits per heavy atom. The van der Waals surface area contributed by atoms with Gasteiger partial charge in [0.2, 0.25) is 0 Å². The molecule has 9 nitrogen and oxygen atoms in total. The van der Waals surface area contributed by atoms with Crippen molar-refractivity contribution in [2.75, 3.05) is 6.54 Å². The van der Waals surface area contributed by atoms with Crippen LogP contribution in [-0.2, 0) is 13.6 Å². The van der Waals surface area contributed by atoms with Crippen LogP contribution in [0.15, 0.2) is 36.7 Å². The van der Waals surface area contributed by atoms with Gasteiger partial charge in [0.1, 0.15) is 5.82 Å². The van der Waals surface area contributed by atoms with Crippen LogP contribution in [-0.4, -0.2) is 51.3 Å². The number of amides is 1. The van der Waals surface area contributed by atoms with Crippen LogP contribution < -0.4 is 0 Å². The van der Waals surface area contributed by atoms with Crippen molar-refractivity contribution in [3.8, 4) is 11.5 Å². The molecule has 0 unspecified atom stereocenters. The fourth-order valence-corrected chi connectivity index (χ4v) is 4.18. The topological polar surface area (TPSA) is 86.1 Å². The van der Waals surface area contributed by atoms with E-state index in [9.17, 15) is 4.79 Å². The molecule has 5 rings (SSSR count). The van der Waals surface area contributed by atoms with Gasteiger partial charge in [-0.05, 0) is 31.2 Å². The largest absolute Gasteiger partial charge is 0.348 e. The second-order valence-corrected chi connectivity index (χ2v) is 8.21. The molecule has 0 spiro atoms. The maximum Gasteiger partial charge on any atom is 0.255 e. The van der Waals surface area contributed by atoms with E-state index in [4.69, 9.17) is 0 Å². The zero-order valence-electron chi connectivity index (χ0n) is 17.5. The summed E-state index contributed by atoms with van der Waals surface area (Å²) in [5.74, 6) is 2.78. The van der Waals surface area contributed by atoms with Crippen LogP contribution in [0.1, 0.15) is 54.7 Å². The third-order valence-electron chi connectivity index (χ3n) is 5.68. The molecular weight excluding hydrogens is 380 g/mol. The van der Waals surface area contributed by atoms with E-state index in [2.05, 4.69) is 45.7 Å². The zero-order chi connectivity index (χ0) is 21.0. The summed E-state index contributed by atoms with van der Waals surface area (Å²) in [5, 5.41) is 17.3. The van der Waals surface area contributed by atoms with Crippen LogP contribution in [0.2, 0.25) is 0 Å². The lowest BCUT2D eigenvalue weighted by molar-refractivity contribution is 0.0679. The van der Waals surface area contributed by atoms with Crippen molar-refractivity contribution in [1.82, 2.24) is 38.8 Å². The number of nitrogens with zero attached hydrogens (tertiary/aromatic N) is 8. The van der Waals surface area contributed by atoms with Gasteiger partial charge in [0.05, 0.1) is 23.8 Å². The summed E-state index contributed by atoms with van der Waals surface area (Å²) in [6, 6.07) is 7.71. The molecule has 1 amide bonds. The normalized spacial score (nSPS) is 16.4. The lowest BCUT2D eigenvalue weighted by Gasteiger charge is -2.33. The molecule has 4 aromatic rings. The van der Waals surface area contributed by atoms with Crippen molar-refractivity contribution in [1.29, 1.82) is 0 Å². The van der Waals surface area contributed by atoms with Gasteiger partial charge in [-0.25, -0.2) is 0 Å². The molecule has 0 aliphatic carbocycles. The van der Waals surface area contributed by atoms with E-state index in [1.165, 1.54) is 0 Å². The molecule has 1 atom stereocenters. The van der Waals surface area contributed by atoms with E-state index in [1.54, 1.807) is 0 Å². The van der Waals surface area contributed by atoms with Crippen LogP contribution in [0, 0.1) is 0 Å². The number of hydrogen-bond acceptors (Lipinski definition) is 5. The van der Waals surface area contributed by atoms with Crippen molar-refractivity contribution in [2.24, 2.45) is 7.05 Å². The highest BCUT2D eigenvalue weighted by Crippen LogP contribution is 2.26. The summed E-state index contributed by atoms with van der Waals surface area (Å²) in [6.07, 6.45) is 3.78. The van der Waals surface area contributed by atoms with E-state index < -0.39 is 0 Å². The predicted octanol–water partition coefficient (Wildman–Crippen LogP) is 2.67. The molecule has 4 aromatic heterocycles. The molecule has 0 radical (unpaired) electrons. The van der Waals surface area contributed by atoms with Gasteiger partial charge in [-0.2, -0.15) is 0 Å². The Morgan fingerprint density at radius 1 is 1.13 bits per heavy atom. The molecule has 0 aromatic carbocycles. The molecule has 0 fully saturated rings. The van der Waals surface area contributed by atoms with Crippen molar-refractivity contribution >= 4 is 11.6 Å². The quantitative estimate of drug-likeness (QED) is 0.524. The van der Waals surface area contributed by atoms with Crippen LogP contribution in [0.25, 0.3) is 17.2 Å². The first-order chi connectivity index (χ1) is 14.4. The van der Waals surface area contributed by atoms with Gasteiger partial charge in [0, 0.05) is 31.9 Å². The number of aromatic nitrogens is 7. The Balaban J connectivity index is 1.48. The lowest BCUT2D eigenvalue weighted by Crippen LogP contribution is -2.41. The van der Waals surface area contributed by atoms with E-state index >= 15 is 0 Å². The SMILES string of the molecule is CC(C)c1nnc2n1[C@@H](C)CN(C(=O)c1ccc3nnc(-c4cccn4C)n3c1)C2. The number of carbonyl (C=O) groups excluding carboxylic acids is 1. The fraction of sp³-hybridized carbons (Fsp3) is 0.381. The molecule has 9 heteroatoms. The summed E-state index contributed by atoms with van der Waals surface area (Å²) in [5.41, 5.74) is 2.24. The maximum atomic E-state index is 13.3. The van der Waals surface area contributed by atoms with E-state index in [0.29, 0.717) is 36.0 Å². The minimum Gasteiger partial charge on any atom is -0.348 e. The molecule has 30 heavy (non-hydrogen) atoms. The van der Waals surface area contributed by atoms with Gasteiger partial charge in [0.25, 0.3) is 5.91 Å². The Kier molecular flexibility index (Phi) is 4.19. The second-order valence-electron chi connectivity index (χ2n) is 8.21. The number of rotatable bonds is 3.